The fourth-order valence-electron chi connectivity index (χ4n) is 1.69. The lowest BCUT2D eigenvalue weighted by Crippen LogP contribution is -2.35. The van der Waals surface area contributed by atoms with Gasteiger partial charge in [0, 0.05) is 13.0 Å². The van der Waals surface area contributed by atoms with E-state index in [-0.39, 0.29) is 12.3 Å². The number of rotatable bonds is 8. The Morgan fingerprint density at radius 2 is 1.90 bits per heavy atom. The van der Waals surface area contributed by atoms with Crippen LogP contribution in [0.1, 0.15) is 31.4 Å². The molecule has 0 saturated carbocycles. The molecule has 0 radical (unpaired) electrons. The summed E-state index contributed by atoms with van der Waals surface area (Å²) >= 11 is 0. The van der Waals surface area contributed by atoms with Gasteiger partial charge >= 0.3 is 5.97 Å². The zero-order valence-corrected chi connectivity index (χ0v) is 11.9. The Kier molecular flexibility index (Phi) is 7.35. The second kappa shape index (κ2) is 9.09. The SMILES string of the molecule is CCCOCCC(=O)NC(C(=O)OC)c1ccccc1. The number of hydrogen-bond donors (Lipinski definition) is 1. The largest absolute Gasteiger partial charge is 0.467 e. The third-order valence-corrected chi connectivity index (χ3v) is 2.70. The zero-order chi connectivity index (χ0) is 14.8. The van der Waals surface area contributed by atoms with Crippen LogP contribution >= 0.6 is 0 Å². The summed E-state index contributed by atoms with van der Waals surface area (Å²) in [5.74, 6) is -0.723. The van der Waals surface area contributed by atoms with E-state index in [0.29, 0.717) is 18.8 Å². The molecule has 0 fully saturated rings. The van der Waals surface area contributed by atoms with Crippen molar-refractivity contribution in [3.8, 4) is 0 Å². The lowest BCUT2D eigenvalue weighted by atomic mass is 10.1. The van der Waals surface area contributed by atoms with Crippen LogP contribution in [-0.2, 0) is 19.1 Å². The van der Waals surface area contributed by atoms with Gasteiger partial charge in [-0.05, 0) is 12.0 Å². The van der Waals surface area contributed by atoms with Gasteiger partial charge in [-0.25, -0.2) is 4.79 Å². The van der Waals surface area contributed by atoms with Crippen molar-refractivity contribution >= 4 is 11.9 Å². The van der Waals surface area contributed by atoms with Crippen molar-refractivity contribution in [1.82, 2.24) is 5.32 Å². The maximum Gasteiger partial charge on any atom is 0.333 e. The van der Waals surface area contributed by atoms with E-state index in [4.69, 9.17) is 9.47 Å². The molecule has 0 aromatic heterocycles. The monoisotopic (exact) mass is 279 g/mol. The van der Waals surface area contributed by atoms with E-state index in [1.165, 1.54) is 7.11 Å². The van der Waals surface area contributed by atoms with Crippen LogP contribution in [0.15, 0.2) is 30.3 Å². The van der Waals surface area contributed by atoms with Crippen LogP contribution in [0.3, 0.4) is 0 Å². The molecule has 0 aliphatic carbocycles. The Morgan fingerprint density at radius 1 is 1.20 bits per heavy atom. The van der Waals surface area contributed by atoms with Gasteiger partial charge in [0.1, 0.15) is 0 Å². The summed E-state index contributed by atoms with van der Waals surface area (Å²) in [6.45, 7) is 2.98. The van der Waals surface area contributed by atoms with Gasteiger partial charge in [-0.2, -0.15) is 0 Å². The van der Waals surface area contributed by atoms with E-state index in [1.54, 1.807) is 12.1 Å². The van der Waals surface area contributed by atoms with Crippen LogP contribution in [0.2, 0.25) is 0 Å². The average Bonchev–Trinajstić information content (AvgIpc) is 2.49. The van der Waals surface area contributed by atoms with Crippen LogP contribution < -0.4 is 5.32 Å². The predicted octanol–water partition coefficient (Wildman–Crippen LogP) is 1.83. The van der Waals surface area contributed by atoms with Crippen molar-refractivity contribution in [2.24, 2.45) is 0 Å². The fourth-order valence-corrected chi connectivity index (χ4v) is 1.69. The van der Waals surface area contributed by atoms with Gasteiger partial charge in [-0.3, -0.25) is 4.79 Å². The van der Waals surface area contributed by atoms with Crippen molar-refractivity contribution in [3.05, 3.63) is 35.9 Å². The predicted molar refractivity (Wildman–Crippen MR) is 75.1 cm³/mol. The molecule has 1 atom stereocenters. The van der Waals surface area contributed by atoms with Crippen molar-refractivity contribution < 1.29 is 19.1 Å². The molecule has 1 rings (SSSR count). The molecule has 1 aromatic rings. The first-order chi connectivity index (χ1) is 9.69. The highest BCUT2D eigenvalue weighted by Crippen LogP contribution is 2.14. The second-order valence-corrected chi connectivity index (χ2v) is 4.30. The number of nitrogens with one attached hydrogen (secondary N) is 1. The summed E-state index contributed by atoms with van der Waals surface area (Å²) in [7, 11) is 1.30. The van der Waals surface area contributed by atoms with Gasteiger partial charge in [-0.15, -0.1) is 0 Å². The highest BCUT2D eigenvalue weighted by Gasteiger charge is 2.22. The van der Waals surface area contributed by atoms with Gasteiger partial charge in [0.15, 0.2) is 6.04 Å². The van der Waals surface area contributed by atoms with E-state index >= 15 is 0 Å². The lowest BCUT2D eigenvalue weighted by molar-refractivity contribution is -0.145. The normalized spacial score (nSPS) is 11.7. The molecule has 1 N–H and O–H groups in total. The lowest BCUT2D eigenvalue weighted by Gasteiger charge is -2.16. The summed E-state index contributed by atoms with van der Waals surface area (Å²) in [4.78, 5) is 23.6. The minimum absolute atomic E-state index is 0.223. The molecule has 5 heteroatoms. The Hall–Kier alpha value is -1.88. The first-order valence-corrected chi connectivity index (χ1v) is 6.69. The molecule has 5 nitrogen and oxygen atoms in total. The van der Waals surface area contributed by atoms with Crippen LogP contribution in [-0.4, -0.2) is 32.2 Å². The highest BCUT2D eigenvalue weighted by molar-refractivity contribution is 5.85. The van der Waals surface area contributed by atoms with Crippen molar-refractivity contribution in [3.63, 3.8) is 0 Å². The van der Waals surface area contributed by atoms with Gasteiger partial charge in [0.2, 0.25) is 5.91 Å². The topological polar surface area (TPSA) is 64.6 Å². The molecular formula is C15H21NO4. The van der Waals surface area contributed by atoms with E-state index in [1.807, 2.05) is 25.1 Å². The van der Waals surface area contributed by atoms with Crippen molar-refractivity contribution in [1.29, 1.82) is 0 Å². The van der Waals surface area contributed by atoms with Gasteiger partial charge in [0.25, 0.3) is 0 Å². The fraction of sp³-hybridized carbons (Fsp3) is 0.467. The molecule has 1 amide bonds. The number of esters is 1. The number of carbonyl (C=O) groups is 2. The standard InChI is InChI=1S/C15H21NO4/c1-3-10-20-11-9-13(17)16-14(15(18)19-2)12-7-5-4-6-8-12/h4-8,14H,3,9-11H2,1-2H3,(H,16,17). The third-order valence-electron chi connectivity index (χ3n) is 2.70. The maximum atomic E-state index is 11.8. The Balaban J connectivity index is 2.58. The molecule has 1 unspecified atom stereocenters. The molecule has 0 aliphatic rings. The van der Waals surface area contributed by atoms with Crippen LogP contribution in [0.25, 0.3) is 0 Å². The Bertz CT molecular complexity index is 419. The molecule has 0 spiro atoms. The third kappa shape index (κ3) is 5.40. The molecule has 0 heterocycles. The second-order valence-electron chi connectivity index (χ2n) is 4.30. The number of ether oxygens (including phenoxy) is 2. The van der Waals surface area contributed by atoms with E-state index in [2.05, 4.69) is 5.32 Å². The van der Waals surface area contributed by atoms with Crippen LogP contribution in [0.4, 0.5) is 0 Å². The number of carbonyl (C=O) groups excluding carboxylic acids is 2. The van der Waals surface area contributed by atoms with Gasteiger partial charge < -0.3 is 14.8 Å². The van der Waals surface area contributed by atoms with Crippen molar-refractivity contribution in [2.75, 3.05) is 20.3 Å². The molecular weight excluding hydrogens is 258 g/mol. The quantitative estimate of drug-likeness (QED) is 0.582. The first kappa shape index (κ1) is 16.2. The molecule has 0 bridgehead atoms. The molecule has 1 aromatic carbocycles. The van der Waals surface area contributed by atoms with Gasteiger partial charge in [0.05, 0.1) is 13.7 Å². The number of benzene rings is 1. The summed E-state index contributed by atoms with van der Waals surface area (Å²) < 4.78 is 9.98. The maximum absolute atomic E-state index is 11.8. The average molecular weight is 279 g/mol. The zero-order valence-electron chi connectivity index (χ0n) is 11.9. The Morgan fingerprint density at radius 3 is 2.50 bits per heavy atom. The van der Waals surface area contributed by atoms with E-state index in [0.717, 1.165) is 6.42 Å². The van der Waals surface area contributed by atoms with Crippen LogP contribution in [0.5, 0.6) is 0 Å². The summed E-state index contributed by atoms with van der Waals surface area (Å²) in [6, 6.07) is 8.23. The molecule has 110 valence electrons. The van der Waals surface area contributed by atoms with Crippen molar-refractivity contribution in [2.45, 2.75) is 25.8 Å². The molecule has 0 saturated heterocycles. The first-order valence-electron chi connectivity index (χ1n) is 6.69. The van der Waals surface area contributed by atoms with Gasteiger partial charge in [-0.1, -0.05) is 37.3 Å². The smallest absolute Gasteiger partial charge is 0.333 e. The minimum Gasteiger partial charge on any atom is -0.467 e. The number of methoxy groups -OCH3 is 1. The summed E-state index contributed by atoms with van der Waals surface area (Å²) in [6.07, 6.45) is 1.14. The Labute approximate surface area is 119 Å². The number of amides is 1. The highest BCUT2D eigenvalue weighted by atomic mass is 16.5. The molecule has 0 aliphatic heterocycles. The van der Waals surface area contributed by atoms with E-state index < -0.39 is 12.0 Å². The summed E-state index contributed by atoms with van der Waals surface area (Å²) in [5, 5.41) is 2.67. The van der Waals surface area contributed by atoms with E-state index in [9.17, 15) is 9.59 Å². The molecule has 20 heavy (non-hydrogen) atoms. The summed E-state index contributed by atoms with van der Waals surface area (Å²) in [5.41, 5.74) is 0.696. The minimum atomic E-state index is -0.778. The number of hydrogen-bond acceptors (Lipinski definition) is 4. The van der Waals surface area contributed by atoms with Crippen LogP contribution in [0, 0.1) is 0 Å².